The molecule has 30 heavy (non-hydrogen) atoms. The van der Waals surface area contributed by atoms with Gasteiger partial charge in [-0.2, -0.15) is 11.8 Å². The maximum absolute atomic E-state index is 12.0. The molecule has 2 atom stereocenters. The predicted molar refractivity (Wildman–Crippen MR) is 126 cm³/mol. The first-order valence-electron chi connectivity index (χ1n) is 10.4. The molecule has 0 aromatic rings. The lowest BCUT2D eigenvalue weighted by Crippen LogP contribution is -2.50. The first-order chi connectivity index (χ1) is 14.0. The topological polar surface area (TPSA) is 95.5 Å². The minimum atomic E-state index is -1.08. The second-order valence-corrected chi connectivity index (χ2v) is 8.89. The highest BCUT2D eigenvalue weighted by molar-refractivity contribution is 7.99. The van der Waals surface area contributed by atoms with Crippen LogP contribution in [0.2, 0.25) is 0 Å². The van der Waals surface area contributed by atoms with Crippen LogP contribution < -0.4 is 10.6 Å². The van der Waals surface area contributed by atoms with E-state index in [1.807, 2.05) is 0 Å². The van der Waals surface area contributed by atoms with E-state index in [0.717, 1.165) is 25.7 Å². The van der Waals surface area contributed by atoms with E-state index in [2.05, 4.69) is 56.6 Å². The molecule has 0 radical (unpaired) electrons. The van der Waals surface area contributed by atoms with Gasteiger partial charge in [-0.3, -0.25) is 9.59 Å². The van der Waals surface area contributed by atoms with Gasteiger partial charge in [-0.15, -0.1) is 0 Å². The standard InChI is InChI=1S/C23H38N2O4S/c1-16(2)9-7-10-17(3)11-8-12-18(4)13-14-30-15-21(23(28)29)25-22(27)19(5)24-20(6)26/h9,11,13,19,21H,7-8,10,12,14-15H2,1-6H3,(H,24,26)(H,25,27)(H,28,29). The first kappa shape index (κ1) is 28.0. The number of rotatable bonds is 14. The van der Waals surface area contributed by atoms with Gasteiger partial charge in [-0.1, -0.05) is 34.9 Å². The average molecular weight is 439 g/mol. The van der Waals surface area contributed by atoms with Crippen molar-refractivity contribution in [3.8, 4) is 0 Å². The van der Waals surface area contributed by atoms with E-state index in [0.29, 0.717) is 5.75 Å². The first-order valence-corrected chi connectivity index (χ1v) is 11.5. The molecule has 0 heterocycles. The Hall–Kier alpha value is -2.02. The molecule has 2 amide bonds. The van der Waals surface area contributed by atoms with Crippen LogP contribution in [0.25, 0.3) is 0 Å². The Morgan fingerprint density at radius 2 is 1.47 bits per heavy atom. The van der Waals surface area contributed by atoms with Crippen LogP contribution in [0, 0.1) is 0 Å². The summed E-state index contributed by atoms with van der Waals surface area (Å²) in [5.74, 6) is -0.966. The molecule has 6 nitrogen and oxygen atoms in total. The Morgan fingerprint density at radius 3 is 2.00 bits per heavy atom. The summed E-state index contributed by atoms with van der Waals surface area (Å²) in [7, 11) is 0. The molecule has 0 saturated heterocycles. The van der Waals surface area contributed by atoms with Gasteiger partial charge in [-0.25, -0.2) is 4.79 Å². The van der Waals surface area contributed by atoms with Crippen molar-refractivity contribution < 1.29 is 19.5 Å². The molecular formula is C23H38N2O4S. The number of nitrogens with one attached hydrogen (secondary N) is 2. The smallest absolute Gasteiger partial charge is 0.327 e. The average Bonchev–Trinajstić information content (AvgIpc) is 2.62. The van der Waals surface area contributed by atoms with Crippen molar-refractivity contribution in [3.05, 3.63) is 34.9 Å². The van der Waals surface area contributed by atoms with Crippen LogP contribution in [0.1, 0.15) is 67.2 Å². The van der Waals surface area contributed by atoms with Crippen molar-refractivity contribution in [2.24, 2.45) is 0 Å². The van der Waals surface area contributed by atoms with E-state index in [9.17, 15) is 19.5 Å². The number of hydrogen-bond donors (Lipinski definition) is 3. The summed E-state index contributed by atoms with van der Waals surface area (Å²) in [6.07, 6.45) is 10.8. The van der Waals surface area contributed by atoms with Crippen LogP contribution in [-0.2, 0) is 14.4 Å². The van der Waals surface area contributed by atoms with Crippen molar-refractivity contribution in [3.63, 3.8) is 0 Å². The van der Waals surface area contributed by atoms with Gasteiger partial charge in [0.05, 0.1) is 0 Å². The SMILES string of the molecule is CC(=O)NC(C)C(=O)NC(CSCC=C(C)CCC=C(C)CCC=C(C)C)C(=O)O. The Labute approximate surface area is 185 Å². The van der Waals surface area contributed by atoms with Gasteiger partial charge < -0.3 is 15.7 Å². The van der Waals surface area contributed by atoms with Crippen LogP contribution in [0.15, 0.2) is 34.9 Å². The number of carbonyl (C=O) groups excluding carboxylic acids is 2. The minimum Gasteiger partial charge on any atom is -0.480 e. The fourth-order valence-corrected chi connectivity index (χ4v) is 3.57. The summed E-state index contributed by atoms with van der Waals surface area (Å²) in [6, 6.07) is -1.76. The number of thioether (sulfide) groups is 1. The van der Waals surface area contributed by atoms with Crippen molar-refractivity contribution in [1.82, 2.24) is 10.6 Å². The molecule has 0 aliphatic rings. The van der Waals surface area contributed by atoms with E-state index in [1.54, 1.807) is 0 Å². The van der Waals surface area contributed by atoms with E-state index in [1.165, 1.54) is 42.3 Å². The monoisotopic (exact) mass is 438 g/mol. The van der Waals surface area contributed by atoms with Crippen molar-refractivity contribution in [2.45, 2.75) is 79.3 Å². The van der Waals surface area contributed by atoms with Crippen LogP contribution in [0.4, 0.5) is 0 Å². The molecule has 170 valence electrons. The van der Waals surface area contributed by atoms with Crippen molar-refractivity contribution in [2.75, 3.05) is 11.5 Å². The van der Waals surface area contributed by atoms with Crippen molar-refractivity contribution in [1.29, 1.82) is 0 Å². The Kier molecular flexibility index (Phi) is 14.7. The molecule has 0 aliphatic heterocycles. The number of allylic oxidation sites excluding steroid dienone is 5. The quantitative estimate of drug-likeness (QED) is 0.279. The second kappa shape index (κ2) is 15.8. The Balaban J connectivity index is 4.31. The molecule has 0 rings (SSSR count). The van der Waals surface area contributed by atoms with Gasteiger partial charge in [0.15, 0.2) is 0 Å². The third kappa shape index (κ3) is 14.9. The van der Waals surface area contributed by atoms with Crippen LogP contribution in [0.5, 0.6) is 0 Å². The molecular weight excluding hydrogens is 400 g/mol. The fraction of sp³-hybridized carbons (Fsp3) is 0.609. The number of carboxylic acid groups (broad SMARTS) is 1. The van der Waals surface area contributed by atoms with Crippen LogP contribution in [-0.4, -0.2) is 46.5 Å². The molecule has 0 saturated carbocycles. The summed E-state index contributed by atoms with van der Waals surface area (Å²) in [4.78, 5) is 34.4. The summed E-state index contributed by atoms with van der Waals surface area (Å²) in [5, 5.41) is 14.2. The molecule has 0 aromatic heterocycles. The maximum atomic E-state index is 12.0. The van der Waals surface area contributed by atoms with Gasteiger partial charge in [0, 0.05) is 18.4 Å². The lowest BCUT2D eigenvalue weighted by atomic mass is 10.1. The summed E-state index contributed by atoms with van der Waals surface area (Å²) >= 11 is 1.46. The highest BCUT2D eigenvalue weighted by Crippen LogP contribution is 2.13. The zero-order valence-corrected chi connectivity index (χ0v) is 20.0. The summed E-state index contributed by atoms with van der Waals surface area (Å²) in [5.41, 5.74) is 4.03. The Morgan fingerprint density at radius 1 is 0.900 bits per heavy atom. The maximum Gasteiger partial charge on any atom is 0.327 e. The number of carboxylic acids is 1. The van der Waals surface area contributed by atoms with E-state index in [4.69, 9.17) is 0 Å². The minimum absolute atomic E-state index is 0.265. The molecule has 7 heteroatoms. The van der Waals surface area contributed by atoms with Crippen LogP contribution >= 0.6 is 11.8 Å². The molecule has 0 spiro atoms. The number of aliphatic carboxylic acids is 1. The highest BCUT2D eigenvalue weighted by Gasteiger charge is 2.23. The molecule has 0 aromatic carbocycles. The van der Waals surface area contributed by atoms with Gasteiger partial charge in [0.25, 0.3) is 0 Å². The van der Waals surface area contributed by atoms with Crippen molar-refractivity contribution >= 4 is 29.5 Å². The van der Waals surface area contributed by atoms with Gasteiger partial charge in [-0.05, 0) is 60.3 Å². The molecule has 2 unspecified atom stereocenters. The second-order valence-electron chi connectivity index (χ2n) is 7.82. The number of hydrogen-bond acceptors (Lipinski definition) is 4. The zero-order chi connectivity index (χ0) is 23.1. The molecule has 0 aliphatic carbocycles. The summed E-state index contributed by atoms with van der Waals surface area (Å²) < 4.78 is 0. The number of carbonyl (C=O) groups is 3. The zero-order valence-electron chi connectivity index (χ0n) is 19.2. The molecule has 0 fully saturated rings. The predicted octanol–water partition coefficient (Wildman–Crippen LogP) is 4.23. The third-order valence-corrected chi connectivity index (χ3v) is 5.36. The van der Waals surface area contributed by atoms with Gasteiger partial charge in [0.1, 0.15) is 12.1 Å². The lowest BCUT2D eigenvalue weighted by Gasteiger charge is -2.17. The van der Waals surface area contributed by atoms with E-state index < -0.39 is 24.0 Å². The van der Waals surface area contributed by atoms with Gasteiger partial charge >= 0.3 is 5.97 Å². The van der Waals surface area contributed by atoms with Gasteiger partial charge in [0.2, 0.25) is 11.8 Å². The summed E-state index contributed by atoms with van der Waals surface area (Å²) in [6.45, 7) is 11.3. The largest absolute Gasteiger partial charge is 0.480 e. The number of amides is 2. The molecule has 0 bridgehead atoms. The van der Waals surface area contributed by atoms with E-state index in [-0.39, 0.29) is 11.7 Å². The van der Waals surface area contributed by atoms with Crippen LogP contribution in [0.3, 0.4) is 0 Å². The fourth-order valence-electron chi connectivity index (χ4n) is 2.57. The Bertz CT molecular complexity index is 664. The third-order valence-electron chi connectivity index (χ3n) is 4.38. The van der Waals surface area contributed by atoms with E-state index >= 15 is 0 Å². The lowest BCUT2D eigenvalue weighted by molar-refractivity contribution is -0.141. The highest BCUT2D eigenvalue weighted by atomic mass is 32.2. The molecule has 3 N–H and O–H groups in total. The normalized spacial score (nSPS) is 13.9.